The number of hydrogen-bond donors (Lipinski definition) is 0. The highest BCUT2D eigenvalue weighted by Crippen LogP contribution is 2.32. The third-order valence-electron chi connectivity index (χ3n) is 2.45. The molecule has 1 heterocycles. The molecule has 66 valence electrons. The standard InChI is InChI=1S/C8H12BrN3/c1-12-8(9)10-7(11-12)6-4-2-3-5-6/h6H,2-5H2,1H3. The average Bonchev–Trinajstić information content (AvgIpc) is 2.61. The van der Waals surface area contributed by atoms with Crippen LogP contribution in [0.4, 0.5) is 0 Å². The third kappa shape index (κ3) is 1.40. The Hall–Kier alpha value is -0.380. The lowest BCUT2D eigenvalue weighted by molar-refractivity contribution is 0.646. The van der Waals surface area contributed by atoms with Crippen LogP contribution in [0.2, 0.25) is 0 Å². The molecule has 1 aromatic rings. The minimum absolute atomic E-state index is 0.613. The summed E-state index contributed by atoms with van der Waals surface area (Å²) in [5.74, 6) is 1.63. The molecule has 0 atom stereocenters. The summed E-state index contributed by atoms with van der Waals surface area (Å²) in [6.45, 7) is 0. The van der Waals surface area contributed by atoms with Gasteiger partial charge in [0, 0.05) is 13.0 Å². The summed E-state index contributed by atoms with van der Waals surface area (Å²) in [5, 5.41) is 4.35. The normalized spacial score (nSPS) is 18.8. The van der Waals surface area contributed by atoms with Crippen LogP contribution in [-0.4, -0.2) is 14.8 Å². The lowest BCUT2D eigenvalue weighted by Crippen LogP contribution is -1.96. The van der Waals surface area contributed by atoms with Crippen LogP contribution in [0.5, 0.6) is 0 Å². The molecule has 12 heavy (non-hydrogen) atoms. The van der Waals surface area contributed by atoms with Crippen molar-refractivity contribution in [3.63, 3.8) is 0 Å². The first-order valence-electron chi connectivity index (χ1n) is 4.34. The van der Waals surface area contributed by atoms with Gasteiger partial charge in [0.25, 0.3) is 0 Å². The van der Waals surface area contributed by atoms with Gasteiger partial charge in [0.2, 0.25) is 0 Å². The van der Waals surface area contributed by atoms with Crippen LogP contribution in [0.15, 0.2) is 4.73 Å². The molecule has 0 N–H and O–H groups in total. The minimum Gasteiger partial charge on any atom is -0.243 e. The number of hydrogen-bond acceptors (Lipinski definition) is 2. The lowest BCUT2D eigenvalue weighted by atomic mass is 10.1. The van der Waals surface area contributed by atoms with Gasteiger partial charge in [-0.3, -0.25) is 0 Å². The fraction of sp³-hybridized carbons (Fsp3) is 0.750. The number of aryl methyl sites for hydroxylation is 1. The Bertz CT molecular complexity index is 256. The summed E-state index contributed by atoms with van der Waals surface area (Å²) in [6, 6.07) is 0. The molecule has 0 unspecified atom stereocenters. The highest BCUT2D eigenvalue weighted by molar-refractivity contribution is 9.10. The van der Waals surface area contributed by atoms with E-state index in [4.69, 9.17) is 0 Å². The predicted molar refractivity (Wildman–Crippen MR) is 49.9 cm³/mol. The van der Waals surface area contributed by atoms with Gasteiger partial charge in [0.15, 0.2) is 10.6 Å². The third-order valence-corrected chi connectivity index (χ3v) is 3.14. The predicted octanol–water partition coefficient (Wildman–Crippen LogP) is 2.24. The van der Waals surface area contributed by atoms with E-state index in [0.29, 0.717) is 5.92 Å². The zero-order valence-electron chi connectivity index (χ0n) is 7.13. The monoisotopic (exact) mass is 229 g/mol. The van der Waals surface area contributed by atoms with Crippen molar-refractivity contribution in [3.05, 3.63) is 10.6 Å². The van der Waals surface area contributed by atoms with Gasteiger partial charge in [-0.2, -0.15) is 5.10 Å². The van der Waals surface area contributed by atoms with Crippen molar-refractivity contribution in [2.45, 2.75) is 31.6 Å². The smallest absolute Gasteiger partial charge is 0.195 e. The molecular weight excluding hydrogens is 218 g/mol. The van der Waals surface area contributed by atoms with Gasteiger partial charge in [0.05, 0.1) is 0 Å². The Kier molecular flexibility index (Phi) is 2.17. The molecule has 2 rings (SSSR count). The van der Waals surface area contributed by atoms with E-state index in [2.05, 4.69) is 26.0 Å². The van der Waals surface area contributed by atoms with Gasteiger partial charge in [0.1, 0.15) is 0 Å². The van der Waals surface area contributed by atoms with Gasteiger partial charge in [-0.15, -0.1) is 0 Å². The number of rotatable bonds is 1. The van der Waals surface area contributed by atoms with Gasteiger partial charge >= 0.3 is 0 Å². The molecule has 4 heteroatoms. The van der Waals surface area contributed by atoms with Crippen LogP contribution in [0.25, 0.3) is 0 Å². The van der Waals surface area contributed by atoms with Crippen LogP contribution in [0.1, 0.15) is 37.4 Å². The molecule has 1 fully saturated rings. The Labute approximate surface area is 80.3 Å². The molecule has 0 radical (unpaired) electrons. The summed E-state index contributed by atoms with van der Waals surface area (Å²) >= 11 is 3.35. The van der Waals surface area contributed by atoms with Crippen LogP contribution in [0.3, 0.4) is 0 Å². The Morgan fingerprint density at radius 2 is 2.08 bits per heavy atom. The van der Waals surface area contributed by atoms with Crippen molar-refractivity contribution in [2.75, 3.05) is 0 Å². The molecule has 0 amide bonds. The molecule has 0 aliphatic heterocycles. The van der Waals surface area contributed by atoms with E-state index in [-0.39, 0.29) is 0 Å². The van der Waals surface area contributed by atoms with E-state index in [1.54, 1.807) is 4.68 Å². The summed E-state index contributed by atoms with van der Waals surface area (Å²) in [7, 11) is 1.91. The maximum Gasteiger partial charge on any atom is 0.195 e. The second-order valence-corrected chi connectivity index (χ2v) is 4.05. The van der Waals surface area contributed by atoms with E-state index in [9.17, 15) is 0 Å². The lowest BCUT2D eigenvalue weighted by Gasteiger charge is -2.00. The molecule has 0 aromatic carbocycles. The van der Waals surface area contributed by atoms with Crippen molar-refractivity contribution in [1.29, 1.82) is 0 Å². The first-order valence-corrected chi connectivity index (χ1v) is 5.13. The number of halogens is 1. The van der Waals surface area contributed by atoms with Crippen molar-refractivity contribution >= 4 is 15.9 Å². The second kappa shape index (κ2) is 3.17. The fourth-order valence-electron chi connectivity index (χ4n) is 1.74. The minimum atomic E-state index is 0.613. The van der Waals surface area contributed by atoms with Crippen molar-refractivity contribution in [2.24, 2.45) is 7.05 Å². The van der Waals surface area contributed by atoms with E-state index >= 15 is 0 Å². The van der Waals surface area contributed by atoms with E-state index in [0.717, 1.165) is 10.6 Å². The Balaban J connectivity index is 2.21. The van der Waals surface area contributed by atoms with Crippen molar-refractivity contribution in [1.82, 2.24) is 14.8 Å². The topological polar surface area (TPSA) is 30.7 Å². The highest BCUT2D eigenvalue weighted by atomic mass is 79.9. The van der Waals surface area contributed by atoms with Gasteiger partial charge < -0.3 is 0 Å². The van der Waals surface area contributed by atoms with Gasteiger partial charge in [-0.05, 0) is 28.8 Å². The first-order chi connectivity index (χ1) is 5.77. The molecule has 0 spiro atoms. The first kappa shape index (κ1) is 8.23. The summed E-state index contributed by atoms with van der Waals surface area (Å²) < 4.78 is 2.62. The van der Waals surface area contributed by atoms with E-state index in [1.807, 2.05) is 7.05 Å². The Morgan fingerprint density at radius 1 is 1.42 bits per heavy atom. The number of nitrogens with zero attached hydrogens (tertiary/aromatic N) is 3. The van der Waals surface area contributed by atoms with Crippen LogP contribution >= 0.6 is 15.9 Å². The molecular formula is C8H12BrN3. The molecule has 3 nitrogen and oxygen atoms in total. The molecule has 0 bridgehead atoms. The van der Waals surface area contributed by atoms with Crippen LogP contribution in [0, 0.1) is 0 Å². The molecule has 0 saturated heterocycles. The summed E-state index contributed by atoms with van der Waals surface area (Å²) in [5.41, 5.74) is 0. The van der Waals surface area contributed by atoms with Gasteiger partial charge in [-0.25, -0.2) is 9.67 Å². The van der Waals surface area contributed by atoms with Crippen molar-refractivity contribution < 1.29 is 0 Å². The van der Waals surface area contributed by atoms with Crippen molar-refractivity contribution in [3.8, 4) is 0 Å². The maximum atomic E-state index is 4.36. The molecule has 1 aliphatic rings. The second-order valence-electron chi connectivity index (χ2n) is 3.34. The fourth-order valence-corrected chi connectivity index (χ4v) is 2.00. The quantitative estimate of drug-likeness (QED) is 0.740. The van der Waals surface area contributed by atoms with E-state index in [1.165, 1.54) is 25.7 Å². The zero-order valence-corrected chi connectivity index (χ0v) is 8.71. The highest BCUT2D eigenvalue weighted by Gasteiger charge is 2.21. The molecule has 1 aliphatic carbocycles. The number of aromatic nitrogens is 3. The summed E-state index contributed by atoms with van der Waals surface area (Å²) in [4.78, 5) is 4.36. The maximum absolute atomic E-state index is 4.36. The van der Waals surface area contributed by atoms with Crippen LogP contribution < -0.4 is 0 Å². The molecule has 1 saturated carbocycles. The largest absolute Gasteiger partial charge is 0.243 e. The zero-order chi connectivity index (χ0) is 8.55. The summed E-state index contributed by atoms with van der Waals surface area (Å²) in [6.07, 6.45) is 5.19. The SMILES string of the molecule is Cn1nc(C2CCCC2)nc1Br. The molecule has 1 aromatic heterocycles. The van der Waals surface area contributed by atoms with Crippen LogP contribution in [-0.2, 0) is 7.05 Å². The Morgan fingerprint density at radius 3 is 2.58 bits per heavy atom. The average molecular weight is 230 g/mol. The van der Waals surface area contributed by atoms with E-state index < -0.39 is 0 Å². The van der Waals surface area contributed by atoms with Gasteiger partial charge in [-0.1, -0.05) is 12.8 Å².